The molecule has 4 nitrogen and oxygen atoms in total. The van der Waals surface area contributed by atoms with E-state index >= 15 is 0 Å². The van der Waals surface area contributed by atoms with Crippen molar-refractivity contribution >= 4 is 16.7 Å². The van der Waals surface area contributed by atoms with E-state index in [0.717, 1.165) is 22.1 Å². The zero-order valence-corrected chi connectivity index (χ0v) is 11.4. The average Bonchev–Trinajstić information content (AvgIpc) is 2.40. The Morgan fingerprint density at radius 2 is 1.79 bits per heavy atom. The summed E-state index contributed by atoms with van der Waals surface area (Å²) < 4.78 is 15.9. The van der Waals surface area contributed by atoms with Crippen LogP contribution in [0, 0.1) is 6.92 Å². The van der Waals surface area contributed by atoms with Gasteiger partial charge in [0.05, 0.1) is 14.2 Å². The van der Waals surface area contributed by atoms with E-state index in [1.165, 1.54) is 6.92 Å². The van der Waals surface area contributed by atoms with Crippen molar-refractivity contribution in [2.24, 2.45) is 0 Å². The molecule has 2 rings (SSSR count). The largest absolute Gasteiger partial charge is 0.497 e. The first-order valence-electron chi connectivity index (χ1n) is 5.90. The number of methoxy groups -OCH3 is 2. The molecule has 19 heavy (non-hydrogen) atoms. The van der Waals surface area contributed by atoms with Crippen molar-refractivity contribution in [2.75, 3.05) is 14.2 Å². The second-order valence-electron chi connectivity index (χ2n) is 4.23. The Labute approximate surface area is 111 Å². The molecule has 0 radical (unpaired) electrons. The lowest BCUT2D eigenvalue weighted by Gasteiger charge is -2.14. The Morgan fingerprint density at radius 3 is 2.37 bits per heavy atom. The molecule has 0 bridgehead atoms. The van der Waals surface area contributed by atoms with Gasteiger partial charge in [0.15, 0.2) is 0 Å². The van der Waals surface area contributed by atoms with Gasteiger partial charge in [-0.05, 0) is 36.8 Å². The molecular weight excluding hydrogens is 244 g/mol. The summed E-state index contributed by atoms with van der Waals surface area (Å²) in [5, 5.41) is 1.68. The summed E-state index contributed by atoms with van der Waals surface area (Å²) in [6.07, 6.45) is 0. The van der Waals surface area contributed by atoms with Gasteiger partial charge in [-0.1, -0.05) is 0 Å². The van der Waals surface area contributed by atoms with Gasteiger partial charge in [-0.3, -0.25) is 4.79 Å². The second kappa shape index (κ2) is 5.18. The molecule has 0 aliphatic carbocycles. The number of hydrogen-bond acceptors (Lipinski definition) is 4. The van der Waals surface area contributed by atoms with Crippen molar-refractivity contribution in [1.82, 2.24) is 0 Å². The fourth-order valence-electron chi connectivity index (χ4n) is 2.05. The smallest absolute Gasteiger partial charge is 0.308 e. The molecule has 0 aliphatic rings. The van der Waals surface area contributed by atoms with Gasteiger partial charge in [-0.25, -0.2) is 0 Å². The highest BCUT2D eigenvalue weighted by Crippen LogP contribution is 2.38. The summed E-state index contributed by atoms with van der Waals surface area (Å²) in [5.41, 5.74) is 0.841. The van der Waals surface area contributed by atoms with Crippen LogP contribution in [-0.2, 0) is 4.79 Å². The van der Waals surface area contributed by atoms with Crippen LogP contribution in [-0.4, -0.2) is 20.2 Å². The van der Waals surface area contributed by atoms with Crippen LogP contribution in [0.3, 0.4) is 0 Å². The van der Waals surface area contributed by atoms with Crippen LogP contribution in [0.4, 0.5) is 0 Å². The molecule has 0 N–H and O–H groups in total. The van der Waals surface area contributed by atoms with E-state index in [1.807, 2.05) is 31.2 Å². The molecule has 0 amide bonds. The van der Waals surface area contributed by atoms with Crippen molar-refractivity contribution < 1.29 is 19.0 Å². The highest BCUT2D eigenvalue weighted by atomic mass is 16.5. The number of aryl methyl sites for hydroxylation is 1. The van der Waals surface area contributed by atoms with Crippen LogP contribution in [0.2, 0.25) is 0 Å². The van der Waals surface area contributed by atoms with Crippen LogP contribution >= 0.6 is 0 Å². The van der Waals surface area contributed by atoms with E-state index in [0.29, 0.717) is 11.5 Å². The number of esters is 1. The van der Waals surface area contributed by atoms with Gasteiger partial charge in [0.25, 0.3) is 0 Å². The molecule has 0 saturated heterocycles. The molecule has 0 aromatic heterocycles. The third kappa shape index (κ3) is 2.47. The molecule has 100 valence electrons. The van der Waals surface area contributed by atoms with Gasteiger partial charge in [0.2, 0.25) is 0 Å². The number of ether oxygens (including phenoxy) is 3. The van der Waals surface area contributed by atoms with Crippen LogP contribution < -0.4 is 14.2 Å². The van der Waals surface area contributed by atoms with E-state index < -0.39 is 0 Å². The number of rotatable bonds is 3. The Hall–Kier alpha value is -2.23. The van der Waals surface area contributed by atoms with Crippen molar-refractivity contribution in [1.29, 1.82) is 0 Å². The zero-order valence-electron chi connectivity index (χ0n) is 11.4. The minimum absolute atomic E-state index is 0.350. The van der Waals surface area contributed by atoms with E-state index in [2.05, 4.69) is 0 Å². The molecule has 2 aromatic carbocycles. The van der Waals surface area contributed by atoms with Gasteiger partial charge >= 0.3 is 5.97 Å². The minimum Gasteiger partial charge on any atom is -0.497 e. The fraction of sp³-hybridized carbons (Fsp3) is 0.267. The highest BCUT2D eigenvalue weighted by Gasteiger charge is 2.14. The molecule has 0 saturated carbocycles. The molecule has 0 aliphatic heterocycles. The standard InChI is InChI=1S/C15H16O4/c1-9-7-14(18-4)12-6-5-11(17-3)8-13(12)15(9)19-10(2)16/h5-8H,1-4H3. The topological polar surface area (TPSA) is 44.8 Å². The summed E-state index contributed by atoms with van der Waals surface area (Å²) in [5.74, 6) is 1.64. The third-order valence-corrected chi connectivity index (χ3v) is 2.91. The van der Waals surface area contributed by atoms with Crippen molar-refractivity contribution in [3.63, 3.8) is 0 Å². The van der Waals surface area contributed by atoms with Gasteiger partial charge < -0.3 is 14.2 Å². The fourth-order valence-corrected chi connectivity index (χ4v) is 2.05. The van der Waals surface area contributed by atoms with Gasteiger partial charge in [0, 0.05) is 17.7 Å². The van der Waals surface area contributed by atoms with Crippen molar-refractivity contribution in [2.45, 2.75) is 13.8 Å². The Morgan fingerprint density at radius 1 is 1.05 bits per heavy atom. The molecule has 0 fully saturated rings. The molecule has 4 heteroatoms. The number of carbonyl (C=O) groups is 1. The molecule has 0 spiro atoms. The predicted octanol–water partition coefficient (Wildman–Crippen LogP) is 3.09. The van der Waals surface area contributed by atoms with Gasteiger partial charge in [-0.15, -0.1) is 0 Å². The first-order chi connectivity index (χ1) is 9.06. The molecule has 0 heterocycles. The highest BCUT2D eigenvalue weighted by molar-refractivity contribution is 5.96. The van der Waals surface area contributed by atoms with E-state index in [1.54, 1.807) is 14.2 Å². The number of benzene rings is 2. The van der Waals surface area contributed by atoms with Crippen LogP contribution in [0.5, 0.6) is 17.2 Å². The molecular formula is C15H16O4. The molecule has 0 atom stereocenters. The van der Waals surface area contributed by atoms with E-state index in [9.17, 15) is 4.79 Å². The summed E-state index contributed by atoms with van der Waals surface area (Å²) in [6, 6.07) is 7.42. The lowest BCUT2D eigenvalue weighted by Crippen LogP contribution is -2.04. The SMILES string of the molecule is COc1ccc2c(OC)cc(C)c(OC(C)=O)c2c1. The average molecular weight is 260 g/mol. The monoisotopic (exact) mass is 260 g/mol. The van der Waals surface area contributed by atoms with Crippen LogP contribution in [0.25, 0.3) is 10.8 Å². The van der Waals surface area contributed by atoms with Gasteiger partial charge in [-0.2, -0.15) is 0 Å². The van der Waals surface area contributed by atoms with Crippen LogP contribution in [0.1, 0.15) is 12.5 Å². The maximum Gasteiger partial charge on any atom is 0.308 e. The number of hydrogen-bond donors (Lipinski definition) is 0. The predicted molar refractivity (Wildman–Crippen MR) is 73.1 cm³/mol. The van der Waals surface area contributed by atoms with Crippen molar-refractivity contribution in [3.05, 3.63) is 29.8 Å². The summed E-state index contributed by atoms with van der Waals surface area (Å²) in [7, 11) is 3.21. The third-order valence-electron chi connectivity index (χ3n) is 2.91. The first-order valence-corrected chi connectivity index (χ1v) is 5.90. The van der Waals surface area contributed by atoms with Crippen LogP contribution in [0.15, 0.2) is 24.3 Å². The summed E-state index contributed by atoms with van der Waals surface area (Å²) in [4.78, 5) is 11.2. The maximum atomic E-state index is 11.2. The minimum atomic E-state index is -0.350. The Bertz CT molecular complexity index is 632. The van der Waals surface area contributed by atoms with Crippen molar-refractivity contribution in [3.8, 4) is 17.2 Å². The first kappa shape index (κ1) is 13.2. The lowest BCUT2D eigenvalue weighted by atomic mass is 10.0. The molecule has 0 unspecified atom stereocenters. The van der Waals surface area contributed by atoms with Gasteiger partial charge in [0.1, 0.15) is 17.2 Å². The number of fused-ring (bicyclic) bond motifs is 1. The quantitative estimate of drug-likeness (QED) is 0.628. The summed E-state index contributed by atoms with van der Waals surface area (Å²) >= 11 is 0. The second-order valence-corrected chi connectivity index (χ2v) is 4.23. The van der Waals surface area contributed by atoms with E-state index in [4.69, 9.17) is 14.2 Å². The normalized spacial score (nSPS) is 10.3. The number of carbonyl (C=O) groups excluding carboxylic acids is 1. The summed E-state index contributed by atoms with van der Waals surface area (Å²) in [6.45, 7) is 3.26. The maximum absolute atomic E-state index is 11.2. The Balaban J connectivity index is 2.77. The van der Waals surface area contributed by atoms with E-state index in [-0.39, 0.29) is 5.97 Å². The lowest BCUT2D eigenvalue weighted by molar-refractivity contribution is -0.131. The Kier molecular flexibility index (Phi) is 3.60. The molecule has 2 aromatic rings. The zero-order chi connectivity index (χ0) is 14.0.